The number of ether oxygens (including phenoxy) is 1. The van der Waals surface area contributed by atoms with Crippen molar-refractivity contribution >= 4 is 8.32 Å². The Morgan fingerprint density at radius 2 is 1.57 bits per heavy atom. The molecule has 0 atom stereocenters. The van der Waals surface area contributed by atoms with Gasteiger partial charge in [-0.25, -0.2) is 7.11 Å². The zero-order chi connectivity index (χ0) is 16.9. The molecule has 0 aliphatic heterocycles. The Labute approximate surface area is 137 Å². The average molecular weight is 597 g/mol. The van der Waals surface area contributed by atoms with Crippen LogP contribution in [-0.2, 0) is 9.16 Å². The van der Waals surface area contributed by atoms with E-state index in [1.165, 1.54) is 0 Å². The summed E-state index contributed by atoms with van der Waals surface area (Å²) in [6.45, 7) is 5.32. The molecule has 0 aliphatic rings. The van der Waals surface area contributed by atoms with Crippen LogP contribution >= 0.6 is 0 Å². The Morgan fingerprint density at radius 3 is 2.00 bits per heavy atom. The maximum absolute atomic E-state index is 9.51. The first kappa shape index (κ1) is 23.9. The molecular weight excluding hydrogens is 563 g/mol. The summed E-state index contributed by atoms with van der Waals surface area (Å²) in [5, 5.41) is 19.0. The van der Waals surface area contributed by atoms with Crippen LogP contribution in [0.15, 0.2) is 0 Å². The van der Waals surface area contributed by atoms with E-state index in [2.05, 4.69) is 21.0 Å². The van der Waals surface area contributed by atoms with Crippen molar-refractivity contribution in [2.75, 3.05) is 13.2 Å². The maximum Gasteiger partial charge on any atom is 0.230 e. The second-order valence-corrected chi connectivity index (χ2v) is 10.1. The van der Waals surface area contributed by atoms with E-state index in [1.54, 1.807) is 0 Å². The summed E-state index contributed by atoms with van der Waals surface area (Å²) in [6, 6.07) is 3.25. The first-order valence-corrected chi connectivity index (χ1v) is 10.9. The summed E-state index contributed by atoms with van der Waals surface area (Å²) in [6.07, 6.45) is 10.7. The summed E-state index contributed by atoms with van der Waals surface area (Å²) >= 11 is 0. The van der Waals surface area contributed by atoms with E-state index >= 15 is 0 Å². The molecule has 0 fully saturated rings. The van der Waals surface area contributed by atoms with Crippen LogP contribution in [0.25, 0.3) is 0 Å². The van der Waals surface area contributed by atoms with Crippen LogP contribution in [0.5, 0.6) is 0 Å². The van der Waals surface area contributed by atoms with Crippen molar-refractivity contribution in [1.82, 2.24) is 0 Å². The molecular formula is C17H33O4RfSi-. The summed E-state index contributed by atoms with van der Waals surface area (Å²) in [5.41, 5.74) is 0. The van der Waals surface area contributed by atoms with Gasteiger partial charge in [0.1, 0.15) is 0 Å². The fraction of sp³-hybridized carbons (Fsp3) is 0.824. The van der Waals surface area contributed by atoms with Crippen molar-refractivity contribution in [2.45, 2.75) is 76.3 Å². The largest absolute Gasteiger partial charge is 0.555 e. The van der Waals surface area contributed by atoms with E-state index in [0.29, 0.717) is 13.2 Å². The fourth-order valence-corrected chi connectivity index (χ4v) is 7.07. The van der Waals surface area contributed by atoms with Gasteiger partial charge < -0.3 is 19.4 Å². The Kier molecular flexibility index (Phi) is 13.6. The molecule has 0 amide bonds. The Hall–Kier alpha value is -1.38. The molecule has 0 aromatic carbocycles. The van der Waals surface area contributed by atoms with Crippen molar-refractivity contribution in [3.63, 3.8) is 0 Å². The van der Waals surface area contributed by atoms with Crippen molar-refractivity contribution in [2.24, 2.45) is 0 Å². The van der Waals surface area contributed by atoms with Gasteiger partial charge in [0.05, 0.1) is 0 Å². The SMILES string of the molecule is C#CC(O)(O)CCO[Si](CCCC)(CCCC)CCCO[CH2-].[Rf]. The predicted octanol–water partition coefficient (Wildman–Crippen LogP) is 3.45. The topological polar surface area (TPSA) is 58.9 Å². The van der Waals surface area contributed by atoms with Crippen molar-refractivity contribution < 1.29 is 19.4 Å². The van der Waals surface area contributed by atoms with E-state index < -0.39 is 14.1 Å². The average Bonchev–Trinajstić information content (AvgIpc) is 2.50. The summed E-state index contributed by atoms with van der Waals surface area (Å²) in [5.74, 6) is -0.0789. The first-order chi connectivity index (χ1) is 10.4. The van der Waals surface area contributed by atoms with Gasteiger partial charge in [0.2, 0.25) is 5.79 Å². The molecule has 0 aromatic rings. The van der Waals surface area contributed by atoms with Gasteiger partial charge in [-0.05, 0) is 30.5 Å². The van der Waals surface area contributed by atoms with Crippen molar-refractivity contribution in [3.05, 3.63) is 7.11 Å². The van der Waals surface area contributed by atoms with Gasteiger partial charge in [-0.15, -0.1) is 6.42 Å². The Bertz CT molecular complexity index is 310. The van der Waals surface area contributed by atoms with E-state index in [0.717, 1.165) is 50.2 Å². The molecule has 0 radical (unpaired) electrons. The van der Waals surface area contributed by atoms with Crippen LogP contribution in [-0.4, -0.2) is 37.5 Å². The first-order valence-electron chi connectivity index (χ1n) is 8.38. The van der Waals surface area contributed by atoms with E-state index in [1.807, 2.05) is 5.92 Å². The molecule has 23 heavy (non-hydrogen) atoms. The van der Waals surface area contributed by atoms with Crippen LogP contribution in [0, 0.1) is 19.5 Å². The predicted molar refractivity (Wildman–Crippen MR) is 92.5 cm³/mol. The zero-order valence-corrected chi connectivity index (χ0v) is 22.4. The third-order valence-corrected chi connectivity index (χ3v) is 8.59. The van der Waals surface area contributed by atoms with Gasteiger partial charge >= 0.3 is 0 Å². The summed E-state index contributed by atoms with van der Waals surface area (Å²) < 4.78 is 11.2. The molecule has 132 valence electrons. The number of hydrogen-bond acceptors (Lipinski definition) is 4. The second kappa shape index (κ2) is 13.1. The van der Waals surface area contributed by atoms with Gasteiger partial charge in [0.15, 0.2) is 8.32 Å². The molecule has 0 rings (SSSR count). The molecule has 0 saturated carbocycles. The van der Waals surface area contributed by atoms with Crippen LogP contribution in [0.2, 0.25) is 18.1 Å². The molecule has 0 saturated heterocycles. The molecule has 6 heteroatoms. The van der Waals surface area contributed by atoms with E-state index in [9.17, 15) is 10.2 Å². The van der Waals surface area contributed by atoms with Crippen LogP contribution in [0.1, 0.15) is 52.4 Å². The minimum Gasteiger partial charge on any atom is -0.555 e. The number of aliphatic hydroxyl groups is 2. The quantitative estimate of drug-likeness (QED) is 0.106. The second-order valence-electron chi connectivity index (χ2n) is 5.96. The molecule has 0 aromatic heterocycles. The molecule has 0 spiro atoms. The molecule has 2 N–H and O–H groups in total. The monoisotopic (exact) mass is 596 g/mol. The normalized spacial score (nSPS) is 11.8. The molecule has 0 bridgehead atoms. The standard InChI is InChI=1S/C17H33O4Si.Rf/c1-5-8-14-22(15-9-6-2,16-10-12-20-4)21-13-11-17(18,19)7-3;/h3,18-19H,4-6,8-16H2,1-2H3;/q-1;. The van der Waals surface area contributed by atoms with Crippen molar-refractivity contribution in [3.8, 4) is 12.3 Å². The maximum atomic E-state index is 9.51. The number of rotatable bonds is 14. The summed E-state index contributed by atoms with van der Waals surface area (Å²) in [4.78, 5) is 0. The smallest absolute Gasteiger partial charge is 0.230 e. The van der Waals surface area contributed by atoms with E-state index in [4.69, 9.17) is 15.6 Å². The van der Waals surface area contributed by atoms with E-state index in [-0.39, 0.29) is 6.42 Å². The van der Waals surface area contributed by atoms with Gasteiger partial charge in [-0.3, -0.25) is 0 Å². The van der Waals surface area contributed by atoms with Crippen LogP contribution in [0.4, 0.5) is 0 Å². The Morgan fingerprint density at radius 1 is 1.04 bits per heavy atom. The fourth-order valence-electron chi connectivity index (χ4n) is 2.57. The number of unbranched alkanes of at least 4 members (excludes halogenated alkanes) is 2. The Balaban J connectivity index is 0. The number of hydrogen-bond donors (Lipinski definition) is 2. The van der Waals surface area contributed by atoms with Crippen LogP contribution < -0.4 is 0 Å². The third kappa shape index (κ3) is 10.9. The van der Waals surface area contributed by atoms with Crippen molar-refractivity contribution in [1.29, 1.82) is 0 Å². The molecule has 0 unspecified atom stereocenters. The van der Waals surface area contributed by atoms with Gasteiger partial charge in [-0.1, -0.05) is 39.5 Å². The minimum atomic E-state index is -2.06. The minimum absolute atomic E-state index is 0. The van der Waals surface area contributed by atoms with Gasteiger partial charge in [0.25, 0.3) is 0 Å². The van der Waals surface area contributed by atoms with Gasteiger partial charge in [0, 0.05) is 19.6 Å². The molecule has 4 nitrogen and oxygen atoms in total. The molecule has 0 aliphatic carbocycles. The molecule has 0 heterocycles. The van der Waals surface area contributed by atoms with Gasteiger partial charge in [-0.2, -0.15) is 0 Å². The summed E-state index contributed by atoms with van der Waals surface area (Å²) in [7, 11) is 1.54. The third-order valence-electron chi connectivity index (χ3n) is 3.98. The number of terminal acetylenes is 1. The van der Waals surface area contributed by atoms with Crippen LogP contribution in [0.3, 0.4) is 0 Å². The zero-order valence-electron chi connectivity index (χ0n) is 15.0.